The smallest absolute Gasteiger partial charge is 0.165 e. The third kappa shape index (κ3) is 3.26. The summed E-state index contributed by atoms with van der Waals surface area (Å²) in [7, 11) is 1.86. The second-order valence-corrected chi connectivity index (χ2v) is 7.15. The third-order valence-corrected chi connectivity index (χ3v) is 3.94. The second kappa shape index (κ2) is 5.75. The van der Waals surface area contributed by atoms with E-state index < -0.39 is 0 Å². The molecular formula is C15H22BrN5. The van der Waals surface area contributed by atoms with Gasteiger partial charge in [0, 0.05) is 24.7 Å². The molecule has 2 aromatic rings. The predicted molar refractivity (Wildman–Crippen MR) is 89.6 cm³/mol. The molecule has 0 aromatic carbocycles. The van der Waals surface area contributed by atoms with Crippen molar-refractivity contribution in [3.05, 3.63) is 22.6 Å². The molecule has 0 radical (unpaired) electrons. The molecule has 0 aliphatic carbocycles. The second-order valence-electron chi connectivity index (χ2n) is 6.36. The highest BCUT2D eigenvalue weighted by atomic mass is 79.9. The van der Waals surface area contributed by atoms with Crippen LogP contribution >= 0.6 is 15.9 Å². The van der Waals surface area contributed by atoms with Crippen LogP contribution in [0.1, 0.15) is 46.4 Å². The van der Waals surface area contributed by atoms with Crippen molar-refractivity contribution in [3.8, 4) is 11.4 Å². The zero-order valence-electron chi connectivity index (χ0n) is 13.4. The number of aromatic nitrogens is 4. The molecule has 0 atom stereocenters. The summed E-state index contributed by atoms with van der Waals surface area (Å²) < 4.78 is 2.83. The number of hydrogen-bond acceptors (Lipinski definition) is 4. The normalized spacial score (nSPS) is 12.0. The summed E-state index contributed by atoms with van der Waals surface area (Å²) in [6.07, 6.45) is 3.80. The molecule has 0 amide bonds. The molecule has 0 aliphatic rings. The standard InChI is InChI=1S/C15H22BrN5/c1-9(2)21-8-10(7-18-21)13-19-12(15(3,4)5)11(16)14(17-6)20-13/h7-9H,1-6H3,(H,17,19,20). The van der Waals surface area contributed by atoms with Crippen LogP contribution in [0.3, 0.4) is 0 Å². The Bertz CT molecular complexity index is 640. The van der Waals surface area contributed by atoms with Crippen LogP contribution in [0.4, 0.5) is 5.82 Å². The van der Waals surface area contributed by atoms with Crippen LogP contribution in [0.25, 0.3) is 11.4 Å². The number of rotatable bonds is 3. The van der Waals surface area contributed by atoms with Crippen LogP contribution in [0.2, 0.25) is 0 Å². The van der Waals surface area contributed by atoms with Gasteiger partial charge in [0.25, 0.3) is 0 Å². The van der Waals surface area contributed by atoms with Crippen LogP contribution in [-0.2, 0) is 5.41 Å². The summed E-state index contributed by atoms with van der Waals surface area (Å²) in [5, 5.41) is 7.49. The number of nitrogens with zero attached hydrogens (tertiary/aromatic N) is 4. The molecule has 1 N–H and O–H groups in total. The summed E-state index contributed by atoms with van der Waals surface area (Å²) in [6, 6.07) is 0.319. The van der Waals surface area contributed by atoms with Crippen molar-refractivity contribution in [2.24, 2.45) is 0 Å². The van der Waals surface area contributed by atoms with Crippen molar-refractivity contribution in [2.45, 2.75) is 46.1 Å². The SMILES string of the molecule is CNc1nc(-c2cnn(C(C)C)c2)nc(C(C)(C)C)c1Br. The lowest BCUT2D eigenvalue weighted by Gasteiger charge is -2.21. The van der Waals surface area contributed by atoms with E-state index in [9.17, 15) is 0 Å². The Morgan fingerprint density at radius 3 is 2.38 bits per heavy atom. The number of nitrogens with one attached hydrogen (secondary N) is 1. The Kier molecular flexibility index (Phi) is 4.37. The highest BCUT2D eigenvalue weighted by Crippen LogP contribution is 2.34. The lowest BCUT2D eigenvalue weighted by Crippen LogP contribution is -2.17. The minimum absolute atomic E-state index is 0.0732. The van der Waals surface area contributed by atoms with Gasteiger partial charge in [0.15, 0.2) is 5.82 Å². The first-order valence-corrected chi connectivity index (χ1v) is 7.83. The molecular weight excluding hydrogens is 330 g/mol. The summed E-state index contributed by atoms with van der Waals surface area (Å²) in [4.78, 5) is 9.33. The summed E-state index contributed by atoms with van der Waals surface area (Å²) in [5.74, 6) is 1.49. The van der Waals surface area contributed by atoms with Gasteiger partial charge in [0.05, 0.1) is 21.9 Å². The lowest BCUT2D eigenvalue weighted by molar-refractivity contribution is 0.532. The summed E-state index contributed by atoms with van der Waals surface area (Å²) >= 11 is 3.60. The Morgan fingerprint density at radius 2 is 1.90 bits per heavy atom. The molecule has 2 aromatic heterocycles. The van der Waals surface area contributed by atoms with Gasteiger partial charge in [-0.2, -0.15) is 5.10 Å². The van der Waals surface area contributed by atoms with Gasteiger partial charge >= 0.3 is 0 Å². The maximum Gasteiger partial charge on any atom is 0.165 e. The molecule has 0 fully saturated rings. The Labute approximate surface area is 134 Å². The van der Waals surface area contributed by atoms with E-state index in [0.717, 1.165) is 21.5 Å². The monoisotopic (exact) mass is 351 g/mol. The van der Waals surface area contributed by atoms with E-state index in [2.05, 4.69) is 65.9 Å². The van der Waals surface area contributed by atoms with Gasteiger partial charge < -0.3 is 5.32 Å². The van der Waals surface area contributed by atoms with Crippen molar-refractivity contribution < 1.29 is 0 Å². The predicted octanol–water partition coefficient (Wildman–Crippen LogP) is 4.02. The van der Waals surface area contributed by atoms with Crippen molar-refractivity contribution in [1.29, 1.82) is 0 Å². The quantitative estimate of drug-likeness (QED) is 0.906. The molecule has 6 heteroatoms. The van der Waals surface area contributed by atoms with E-state index in [0.29, 0.717) is 11.9 Å². The van der Waals surface area contributed by atoms with Gasteiger partial charge in [0.2, 0.25) is 0 Å². The third-order valence-electron chi connectivity index (χ3n) is 3.19. The molecule has 0 bridgehead atoms. The van der Waals surface area contributed by atoms with E-state index in [4.69, 9.17) is 4.98 Å². The molecule has 0 saturated heterocycles. The van der Waals surface area contributed by atoms with Crippen molar-refractivity contribution >= 4 is 21.7 Å². The first-order chi connectivity index (χ1) is 9.74. The lowest BCUT2D eigenvalue weighted by atomic mass is 9.92. The fourth-order valence-corrected chi connectivity index (χ4v) is 2.95. The number of hydrogen-bond donors (Lipinski definition) is 1. The molecule has 0 aliphatic heterocycles. The largest absolute Gasteiger partial charge is 0.372 e. The minimum Gasteiger partial charge on any atom is -0.372 e. The van der Waals surface area contributed by atoms with Crippen LogP contribution in [-0.4, -0.2) is 26.8 Å². The van der Waals surface area contributed by atoms with E-state index in [-0.39, 0.29) is 5.41 Å². The minimum atomic E-state index is -0.0732. The maximum absolute atomic E-state index is 4.74. The number of halogens is 1. The van der Waals surface area contributed by atoms with Gasteiger partial charge in [-0.1, -0.05) is 20.8 Å². The van der Waals surface area contributed by atoms with Crippen molar-refractivity contribution in [3.63, 3.8) is 0 Å². The summed E-state index contributed by atoms with van der Waals surface area (Å²) in [5.41, 5.74) is 1.84. The maximum atomic E-state index is 4.74. The molecule has 21 heavy (non-hydrogen) atoms. The van der Waals surface area contributed by atoms with Crippen molar-refractivity contribution in [1.82, 2.24) is 19.7 Å². The van der Waals surface area contributed by atoms with E-state index >= 15 is 0 Å². The van der Waals surface area contributed by atoms with Gasteiger partial charge in [-0.25, -0.2) is 9.97 Å². The van der Waals surface area contributed by atoms with Crippen LogP contribution in [0.15, 0.2) is 16.9 Å². The zero-order valence-corrected chi connectivity index (χ0v) is 15.0. The topological polar surface area (TPSA) is 55.6 Å². The van der Waals surface area contributed by atoms with E-state index in [1.54, 1.807) is 0 Å². The zero-order chi connectivity index (χ0) is 15.8. The number of anilines is 1. The average Bonchev–Trinajstić information content (AvgIpc) is 2.87. The molecule has 2 rings (SSSR count). The van der Waals surface area contributed by atoms with Gasteiger partial charge in [0.1, 0.15) is 5.82 Å². The Hall–Kier alpha value is -1.43. The van der Waals surface area contributed by atoms with E-state index in [1.165, 1.54) is 0 Å². The fraction of sp³-hybridized carbons (Fsp3) is 0.533. The first kappa shape index (κ1) is 15.9. The molecule has 0 saturated carbocycles. The molecule has 2 heterocycles. The molecule has 114 valence electrons. The van der Waals surface area contributed by atoms with Gasteiger partial charge in [-0.3, -0.25) is 4.68 Å². The average molecular weight is 352 g/mol. The summed E-state index contributed by atoms with van der Waals surface area (Å²) in [6.45, 7) is 10.6. The van der Waals surface area contributed by atoms with Crippen LogP contribution in [0, 0.1) is 0 Å². The highest BCUT2D eigenvalue weighted by Gasteiger charge is 2.23. The van der Waals surface area contributed by atoms with E-state index in [1.807, 2.05) is 24.1 Å². The first-order valence-electron chi connectivity index (χ1n) is 7.04. The van der Waals surface area contributed by atoms with Gasteiger partial charge in [-0.05, 0) is 29.8 Å². The van der Waals surface area contributed by atoms with Crippen LogP contribution in [0.5, 0.6) is 0 Å². The van der Waals surface area contributed by atoms with Crippen molar-refractivity contribution in [2.75, 3.05) is 12.4 Å². The fourth-order valence-electron chi connectivity index (χ4n) is 1.97. The Balaban J connectivity index is 2.58. The molecule has 0 spiro atoms. The molecule has 5 nitrogen and oxygen atoms in total. The highest BCUT2D eigenvalue weighted by molar-refractivity contribution is 9.10. The van der Waals surface area contributed by atoms with Crippen LogP contribution < -0.4 is 5.32 Å². The van der Waals surface area contributed by atoms with Gasteiger partial charge in [-0.15, -0.1) is 0 Å². The molecule has 0 unspecified atom stereocenters. The Morgan fingerprint density at radius 1 is 1.24 bits per heavy atom.